The number of rotatable bonds is 7. The molecule has 0 aliphatic heterocycles. The molecular formula is C27H32F2NO6S+. The van der Waals surface area contributed by atoms with Gasteiger partial charge >= 0.3 is 21.3 Å². The quantitative estimate of drug-likeness (QED) is 0.320. The smallest absolute Gasteiger partial charge is 0.460 e. The van der Waals surface area contributed by atoms with Crippen LogP contribution < -0.4 is 9.57 Å². The Kier molecular flexibility index (Phi) is 7.99. The topological polar surface area (TPSA) is 93.8 Å². The molecular weight excluding hydrogens is 504 g/mol. The normalized spacial score (nSPS) is 26.4. The Morgan fingerprint density at radius 2 is 1.49 bits per heavy atom. The summed E-state index contributed by atoms with van der Waals surface area (Å²) in [5.41, 5.74) is 2.07. The van der Waals surface area contributed by atoms with Gasteiger partial charge < -0.3 is 4.74 Å². The molecule has 4 aliphatic rings. The van der Waals surface area contributed by atoms with Gasteiger partial charge in [0.25, 0.3) is 0 Å². The second-order valence-electron chi connectivity index (χ2n) is 10.4. The first-order chi connectivity index (χ1) is 17.5. The van der Waals surface area contributed by atoms with Crippen molar-refractivity contribution in [1.82, 2.24) is 0 Å². The minimum absolute atomic E-state index is 0.180. The van der Waals surface area contributed by atoms with Crippen LogP contribution in [0.1, 0.15) is 49.7 Å². The zero-order chi connectivity index (χ0) is 26.7. The molecule has 10 heteroatoms. The number of aromatic nitrogens is 1. The van der Waals surface area contributed by atoms with Crippen LogP contribution in [0.4, 0.5) is 8.78 Å². The lowest BCUT2D eigenvalue weighted by molar-refractivity contribution is -0.885. The molecule has 0 amide bonds. The highest BCUT2D eigenvalue weighted by Gasteiger charge is 2.56. The number of esters is 1. The highest BCUT2D eigenvalue weighted by atomic mass is 32.2. The van der Waals surface area contributed by atoms with Gasteiger partial charge in [-0.05, 0) is 67.4 Å². The van der Waals surface area contributed by atoms with E-state index in [1.54, 1.807) is 11.8 Å². The predicted molar refractivity (Wildman–Crippen MR) is 133 cm³/mol. The number of hydrogen-bond acceptors (Lipinski definition) is 5. The first-order valence-corrected chi connectivity index (χ1v) is 13.7. The Balaban J connectivity index is 0.000000180. The number of ether oxygens (including phenoxy) is 1. The number of benzene rings is 1. The average Bonchev–Trinajstić information content (AvgIpc) is 2.86. The van der Waals surface area contributed by atoms with Crippen molar-refractivity contribution in [1.29, 1.82) is 0 Å². The summed E-state index contributed by atoms with van der Waals surface area (Å²) in [5.74, 6) is -0.480. The van der Waals surface area contributed by atoms with Crippen LogP contribution in [0.5, 0.6) is 0 Å². The molecule has 1 aromatic heterocycles. The number of nitrogens with zero attached hydrogens (tertiary/aromatic N) is 1. The van der Waals surface area contributed by atoms with Crippen molar-refractivity contribution in [3.05, 3.63) is 66.0 Å². The third-order valence-electron chi connectivity index (χ3n) is 7.54. The third-order valence-corrected chi connectivity index (χ3v) is 8.36. The second-order valence-corrected chi connectivity index (χ2v) is 11.9. The highest BCUT2D eigenvalue weighted by Crippen LogP contribution is 2.60. The minimum atomic E-state index is -5.79. The van der Waals surface area contributed by atoms with Crippen molar-refractivity contribution in [2.75, 3.05) is 13.7 Å². The van der Waals surface area contributed by atoms with Gasteiger partial charge in [0.05, 0.1) is 6.61 Å². The van der Waals surface area contributed by atoms with Crippen LogP contribution in [-0.4, -0.2) is 37.9 Å². The van der Waals surface area contributed by atoms with E-state index < -0.39 is 21.3 Å². The lowest BCUT2D eigenvalue weighted by Gasteiger charge is -2.56. The third kappa shape index (κ3) is 6.54. The molecule has 7 nitrogen and oxygen atoms in total. The Labute approximate surface area is 215 Å². The van der Waals surface area contributed by atoms with Crippen molar-refractivity contribution in [2.45, 2.75) is 43.8 Å². The summed E-state index contributed by atoms with van der Waals surface area (Å²) in [6, 6.07) is 14.2. The summed E-state index contributed by atoms with van der Waals surface area (Å²) < 4.78 is 62.0. The maximum absolute atomic E-state index is 13.2. The molecule has 0 atom stereocenters. The molecule has 6 rings (SSSR count). The van der Waals surface area contributed by atoms with Crippen LogP contribution in [0, 0.1) is 23.2 Å². The SMILES string of the molecule is CO[n+]1ccc(/C=C/c2ccccc2)cc1.O=C(OCC12CC3CC(CC(C3)C1)C2)C(F)(F)S(=O)(=O)O. The van der Waals surface area contributed by atoms with E-state index in [-0.39, 0.29) is 12.0 Å². The van der Waals surface area contributed by atoms with E-state index in [9.17, 15) is 22.0 Å². The largest absolute Gasteiger partial charge is 0.465 e. The molecule has 4 saturated carbocycles. The summed E-state index contributed by atoms with van der Waals surface area (Å²) in [4.78, 5) is 16.3. The van der Waals surface area contributed by atoms with Gasteiger partial charge in [0.1, 0.15) is 7.11 Å². The van der Waals surface area contributed by atoms with E-state index in [4.69, 9.17) is 9.39 Å². The molecule has 4 bridgehead atoms. The maximum Gasteiger partial charge on any atom is 0.465 e. The van der Waals surface area contributed by atoms with Crippen LogP contribution >= 0.6 is 0 Å². The molecule has 0 spiro atoms. The molecule has 2 aromatic rings. The number of hydrogen-bond donors (Lipinski definition) is 1. The number of carbonyl (C=O) groups excluding carboxylic acids is 1. The monoisotopic (exact) mass is 536 g/mol. The van der Waals surface area contributed by atoms with E-state index in [2.05, 4.69) is 29.0 Å². The summed E-state index contributed by atoms with van der Waals surface area (Å²) in [5, 5.41) is -4.89. The van der Waals surface area contributed by atoms with Gasteiger partial charge in [-0.25, -0.2) is 4.79 Å². The minimum Gasteiger partial charge on any atom is -0.460 e. The number of alkyl halides is 2. The van der Waals surface area contributed by atoms with Gasteiger partial charge in [0.2, 0.25) is 12.4 Å². The van der Waals surface area contributed by atoms with E-state index >= 15 is 0 Å². The molecule has 0 saturated heterocycles. The number of pyridine rings is 1. The number of halogens is 2. The lowest BCUT2D eigenvalue weighted by Crippen LogP contribution is -2.49. The van der Waals surface area contributed by atoms with E-state index in [1.165, 1.54) is 5.56 Å². The van der Waals surface area contributed by atoms with Crippen molar-refractivity contribution < 1.29 is 40.9 Å². The Morgan fingerprint density at radius 1 is 1.00 bits per heavy atom. The summed E-state index contributed by atoms with van der Waals surface area (Å²) in [6.07, 6.45) is 14.0. The van der Waals surface area contributed by atoms with Gasteiger partial charge in [-0.3, -0.25) is 9.39 Å². The fourth-order valence-electron chi connectivity index (χ4n) is 6.29. The fraction of sp³-hybridized carbons (Fsp3) is 0.481. The van der Waals surface area contributed by atoms with Crippen molar-refractivity contribution in [2.24, 2.45) is 23.2 Å². The molecule has 4 fully saturated rings. The van der Waals surface area contributed by atoms with Crippen LogP contribution in [0.3, 0.4) is 0 Å². The van der Waals surface area contributed by atoms with Crippen LogP contribution in [0.2, 0.25) is 0 Å². The highest BCUT2D eigenvalue weighted by molar-refractivity contribution is 7.87. The molecule has 200 valence electrons. The zero-order valence-electron chi connectivity index (χ0n) is 20.6. The van der Waals surface area contributed by atoms with Gasteiger partial charge in [-0.2, -0.15) is 17.2 Å². The van der Waals surface area contributed by atoms with Crippen molar-refractivity contribution >= 4 is 28.2 Å². The van der Waals surface area contributed by atoms with E-state index in [1.807, 2.05) is 42.7 Å². The zero-order valence-corrected chi connectivity index (χ0v) is 21.4. The van der Waals surface area contributed by atoms with E-state index in [0.717, 1.165) is 44.1 Å². The molecule has 37 heavy (non-hydrogen) atoms. The van der Waals surface area contributed by atoms with Crippen molar-refractivity contribution in [3.63, 3.8) is 0 Å². The summed E-state index contributed by atoms with van der Waals surface area (Å²) in [6.45, 7) is -0.180. The molecule has 4 aliphatic carbocycles. The van der Waals surface area contributed by atoms with Crippen LogP contribution in [0.25, 0.3) is 12.2 Å². The first kappa shape index (κ1) is 27.2. The Hall–Kier alpha value is -2.85. The molecule has 1 aromatic carbocycles. The maximum atomic E-state index is 13.2. The van der Waals surface area contributed by atoms with Crippen molar-refractivity contribution in [3.8, 4) is 0 Å². The lowest BCUT2D eigenvalue weighted by atomic mass is 9.50. The second kappa shape index (κ2) is 10.9. The summed E-state index contributed by atoms with van der Waals surface area (Å²) in [7, 11) is -4.15. The predicted octanol–water partition coefficient (Wildman–Crippen LogP) is 4.43. The fourth-order valence-corrected chi connectivity index (χ4v) is 6.56. The van der Waals surface area contributed by atoms with Crippen LogP contribution in [-0.2, 0) is 19.6 Å². The first-order valence-electron chi connectivity index (χ1n) is 12.3. The molecule has 0 unspecified atom stereocenters. The van der Waals surface area contributed by atoms with E-state index in [0.29, 0.717) is 17.8 Å². The molecule has 1 heterocycles. The molecule has 1 N–H and O–H groups in total. The van der Waals surface area contributed by atoms with Gasteiger partial charge in [0.15, 0.2) is 0 Å². The number of carbonyl (C=O) groups is 1. The van der Waals surface area contributed by atoms with Gasteiger partial charge in [-0.15, -0.1) is 0 Å². The average molecular weight is 537 g/mol. The standard InChI is InChI=1S/C14H14NO.C13H18F2O5S/c1-16-15-11-9-14(10-12-15)8-7-13-5-3-2-4-6-13;14-13(15,21(17,18)19)11(16)20-7-12-4-8-1-9(5-12)3-10(2-8)6-12/h2-12H,1H3;8-10H,1-7H2,(H,17,18,19)/q+1;/b8-7+;. The van der Waals surface area contributed by atoms with Crippen LogP contribution in [0.15, 0.2) is 54.9 Å². The summed E-state index contributed by atoms with van der Waals surface area (Å²) >= 11 is 0. The van der Waals surface area contributed by atoms with Gasteiger partial charge in [-0.1, -0.05) is 42.5 Å². The molecule has 0 radical (unpaired) electrons. The Bertz CT molecular complexity index is 1180. The van der Waals surface area contributed by atoms with Gasteiger partial charge in [0, 0.05) is 22.3 Å². The Morgan fingerprint density at radius 3 is 1.95 bits per heavy atom.